The van der Waals surface area contributed by atoms with Crippen LogP contribution < -0.4 is 10.3 Å². The van der Waals surface area contributed by atoms with Gasteiger partial charge in [-0.15, -0.1) is 0 Å². The zero-order valence-electron chi connectivity index (χ0n) is 13.9. The highest BCUT2D eigenvalue weighted by Crippen LogP contribution is 2.22. The van der Waals surface area contributed by atoms with E-state index < -0.39 is 5.97 Å². The van der Waals surface area contributed by atoms with Crippen molar-refractivity contribution < 1.29 is 14.3 Å². The molecule has 0 fully saturated rings. The number of nitrogens with zero attached hydrogens (tertiary/aromatic N) is 2. The first kappa shape index (κ1) is 17.9. The first-order valence-corrected chi connectivity index (χ1v) is 8.50. The molecule has 26 heavy (non-hydrogen) atoms. The number of benzene rings is 2. The monoisotopic (exact) mass is 372 g/mol. The number of carbonyl (C=O) groups excluding carboxylic acids is 1. The molecule has 0 radical (unpaired) electrons. The van der Waals surface area contributed by atoms with Gasteiger partial charge in [0.05, 0.1) is 28.7 Å². The molecule has 7 heteroatoms. The van der Waals surface area contributed by atoms with Crippen LogP contribution in [0, 0.1) is 0 Å². The Morgan fingerprint density at radius 3 is 2.69 bits per heavy atom. The highest BCUT2D eigenvalue weighted by molar-refractivity contribution is 6.32. The normalized spacial score (nSPS) is 10.7. The van der Waals surface area contributed by atoms with Gasteiger partial charge >= 0.3 is 5.97 Å². The van der Waals surface area contributed by atoms with Gasteiger partial charge in [-0.25, -0.2) is 4.98 Å². The Kier molecular flexibility index (Phi) is 5.86. The fourth-order valence-electron chi connectivity index (χ4n) is 2.42. The molecule has 1 heterocycles. The maximum Gasteiger partial charge on any atom is 0.307 e. The van der Waals surface area contributed by atoms with E-state index in [-0.39, 0.29) is 31.7 Å². The number of para-hydroxylation sites is 2. The minimum absolute atomic E-state index is 0.0754. The number of aromatic nitrogens is 2. The van der Waals surface area contributed by atoms with Crippen LogP contribution in [-0.4, -0.2) is 28.7 Å². The second kappa shape index (κ2) is 8.49. The van der Waals surface area contributed by atoms with Crippen molar-refractivity contribution in [1.82, 2.24) is 9.55 Å². The molecule has 0 saturated carbocycles. The van der Waals surface area contributed by atoms with E-state index in [4.69, 9.17) is 21.1 Å². The van der Waals surface area contributed by atoms with Crippen molar-refractivity contribution in [3.63, 3.8) is 0 Å². The molecule has 1 aromatic heterocycles. The number of fused-ring (bicyclic) bond motifs is 1. The van der Waals surface area contributed by atoms with E-state index in [1.165, 1.54) is 10.9 Å². The van der Waals surface area contributed by atoms with Crippen LogP contribution in [0.15, 0.2) is 59.7 Å². The number of ether oxygens (including phenoxy) is 2. The lowest BCUT2D eigenvalue weighted by Gasteiger charge is -2.09. The predicted molar refractivity (Wildman–Crippen MR) is 98.5 cm³/mol. The number of esters is 1. The van der Waals surface area contributed by atoms with Crippen LogP contribution in [0.2, 0.25) is 5.02 Å². The summed E-state index contributed by atoms with van der Waals surface area (Å²) in [6.45, 7) is 0.517. The number of hydrogen-bond acceptors (Lipinski definition) is 5. The lowest BCUT2D eigenvalue weighted by Crippen LogP contribution is -2.23. The summed E-state index contributed by atoms with van der Waals surface area (Å²) in [6.07, 6.45) is 1.52. The summed E-state index contributed by atoms with van der Waals surface area (Å²) in [4.78, 5) is 28.4. The van der Waals surface area contributed by atoms with Crippen molar-refractivity contribution in [3.05, 3.63) is 70.2 Å². The molecule has 0 atom stereocenters. The highest BCUT2D eigenvalue weighted by Gasteiger charge is 2.08. The van der Waals surface area contributed by atoms with Gasteiger partial charge in [-0.3, -0.25) is 14.2 Å². The Bertz CT molecular complexity index is 971. The van der Waals surface area contributed by atoms with Gasteiger partial charge in [0.15, 0.2) is 0 Å². The van der Waals surface area contributed by atoms with Gasteiger partial charge in [0.25, 0.3) is 5.56 Å². The third-order valence-electron chi connectivity index (χ3n) is 3.73. The molecule has 6 nitrogen and oxygen atoms in total. The molecule has 0 N–H and O–H groups in total. The van der Waals surface area contributed by atoms with Crippen LogP contribution in [0.4, 0.5) is 0 Å². The number of hydrogen-bond donors (Lipinski definition) is 0. The average molecular weight is 373 g/mol. The van der Waals surface area contributed by atoms with Crippen LogP contribution in [0.5, 0.6) is 5.75 Å². The summed E-state index contributed by atoms with van der Waals surface area (Å²) in [7, 11) is 0. The van der Waals surface area contributed by atoms with Crippen LogP contribution in [-0.2, 0) is 16.1 Å². The first-order chi connectivity index (χ1) is 12.6. The lowest BCUT2D eigenvalue weighted by atomic mass is 10.2. The van der Waals surface area contributed by atoms with E-state index in [0.29, 0.717) is 21.7 Å². The second-order valence-electron chi connectivity index (χ2n) is 5.51. The van der Waals surface area contributed by atoms with E-state index >= 15 is 0 Å². The number of carbonyl (C=O) groups is 1. The van der Waals surface area contributed by atoms with Crippen LogP contribution in [0.3, 0.4) is 0 Å². The Morgan fingerprint density at radius 2 is 1.85 bits per heavy atom. The lowest BCUT2D eigenvalue weighted by molar-refractivity contribution is -0.144. The second-order valence-corrected chi connectivity index (χ2v) is 5.92. The van der Waals surface area contributed by atoms with Gasteiger partial charge in [0.1, 0.15) is 19.0 Å². The van der Waals surface area contributed by atoms with E-state index in [1.54, 1.807) is 36.4 Å². The standard InChI is InChI=1S/C19H17ClN2O4/c20-15-6-2-4-8-17(15)25-11-12-26-18(23)9-10-22-13-21-16-7-3-1-5-14(16)19(22)24/h1-8,13H,9-12H2. The molecule has 0 unspecified atom stereocenters. The molecule has 134 valence electrons. The molecule has 3 rings (SSSR count). The molecule has 0 aliphatic rings. The minimum Gasteiger partial charge on any atom is -0.488 e. The molecule has 0 saturated heterocycles. The van der Waals surface area contributed by atoms with Gasteiger partial charge in [0.2, 0.25) is 0 Å². The zero-order chi connectivity index (χ0) is 18.4. The number of rotatable bonds is 7. The van der Waals surface area contributed by atoms with Crippen molar-refractivity contribution in [2.75, 3.05) is 13.2 Å². The van der Waals surface area contributed by atoms with Crippen molar-refractivity contribution >= 4 is 28.5 Å². The molecule has 0 amide bonds. The third kappa shape index (κ3) is 4.40. The Labute approximate surface area is 154 Å². The van der Waals surface area contributed by atoms with Crippen LogP contribution in [0.1, 0.15) is 6.42 Å². The van der Waals surface area contributed by atoms with Gasteiger partial charge in [-0.2, -0.15) is 0 Å². The van der Waals surface area contributed by atoms with Gasteiger partial charge in [0, 0.05) is 6.54 Å². The smallest absolute Gasteiger partial charge is 0.307 e. The summed E-state index contributed by atoms with van der Waals surface area (Å²) in [6, 6.07) is 14.2. The summed E-state index contributed by atoms with van der Waals surface area (Å²) in [5.41, 5.74) is 0.457. The molecular weight excluding hydrogens is 356 g/mol. The summed E-state index contributed by atoms with van der Waals surface area (Å²) >= 11 is 5.97. The van der Waals surface area contributed by atoms with E-state index in [1.807, 2.05) is 12.1 Å². The van der Waals surface area contributed by atoms with Gasteiger partial charge in [-0.1, -0.05) is 35.9 Å². The quantitative estimate of drug-likeness (QED) is 0.471. The van der Waals surface area contributed by atoms with Crippen LogP contribution >= 0.6 is 11.6 Å². The van der Waals surface area contributed by atoms with E-state index in [0.717, 1.165) is 0 Å². The molecular formula is C19H17ClN2O4. The summed E-state index contributed by atoms with van der Waals surface area (Å²) in [5, 5.41) is 1.03. The maximum absolute atomic E-state index is 12.3. The largest absolute Gasteiger partial charge is 0.488 e. The van der Waals surface area contributed by atoms with E-state index in [2.05, 4.69) is 4.98 Å². The molecule has 0 aliphatic heterocycles. The number of aryl methyl sites for hydroxylation is 1. The molecule has 2 aromatic carbocycles. The predicted octanol–water partition coefficient (Wildman–Crippen LogP) is 3.06. The topological polar surface area (TPSA) is 70.4 Å². The highest BCUT2D eigenvalue weighted by atomic mass is 35.5. The van der Waals surface area contributed by atoms with Gasteiger partial charge in [-0.05, 0) is 24.3 Å². The minimum atomic E-state index is -0.409. The average Bonchev–Trinajstić information content (AvgIpc) is 2.66. The Morgan fingerprint density at radius 1 is 1.08 bits per heavy atom. The van der Waals surface area contributed by atoms with Crippen molar-refractivity contribution in [2.45, 2.75) is 13.0 Å². The number of halogens is 1. The van der Waals surface area contributed by atoms with Crippen molar-refractivity contribution in [1.29, 1.82) is 0 Å². The maximum atomic E-state index is 12.3. The molecule has 0 spiro atoms. The first-order valence-electron chi connectivity index (χ1n) is 8.12. The SMILES string of the molecule is O=C(CCn1cnc2ccccc2c1=O)OCCOc1ccccc1Cl. The fourth-order valence-corrected chi connectivity index (χ4v) is 2.61. The van der Waals surface area contributed by atoms with Gasteiger partial charge < -0.3 is 9.47 Å². The third-order valence-corrected chi connectivity index (χ3v) is 4.04. The van der Waals surface area contributed by atoms with Crippen molar-refractivity contribution in [2.24, 2.45) is 0 Å². The molecule has 0 bridgehead atoms. The van der Waals surface area contributed by atoms with Crippen LogP contribution in [0.25, 0.3) is 10.9 Å². The molecule has 3 aromatic rings. The fraction of sp³-hybridized carbons (Fsp3) is 0.211. The van der Waals surface area contributed by atoms with E-state index in [9.17, 15) is 9.59 Å². The Hall–Kier alpha value is -2.86. The summed E-state index contributed by atoms with van der Waals surface area (Å²) in [5.74, 6) is 0.131. The van der Waals surface area contributed by atoms with Crippen molar-refractivity contribution in [3.8, 4) is 5.75 Å². The zero-order valence-corrected chi connectivity index (χ0v) is 14.7. The molecule has 0 aliphatic carbocycles. The Balaban J connectivity index is 1.46. The summed E-state index contributed by atoms with van der Waals surface area (Å²) < 4.78 is 12.0.